The Kier molecular flexibility index (Phi) is 3.64. The van der Waals surface area contributed by atoms with Crippen molar-refractivity contribution in [3.05, 3.63) is 28.4 Å². The summed E-state index contributed by atoms with van der Waals surface area (Å²) >= 11 is 3.23. The lowest BCUT2D eigenvalue weighted by Crippen LogP contribution is -1.92. The number of carboxylic acid groups (broad SMARTS) is 1. The summed E-state index contributed by atoms with van der Waals surface area (Å²) in [6.45, 7) is 0. The number of ether oxygens (including phenoxy) is 1. The Morgan fingerprint density at radius 1 is 1.71 bits per heavy atom. The molecule has 0 fully saturated rings. The van der Waals surface area contributed by atoms with Crippen molar-refractivity contribution in [3.63, 3.8) is 0 Å². The third kappa shape index (κ3) is 2.85. The summed E-state index contributed by atoms with van der Waals surface area (Å²) in [6, 6.07) is 1.73. The second-order valence-corrected chi connectivity index (χ2v) is 3.34. The molecular weight excluding hydrogens is 250 g/mol. The molecule has 0 saturated heterocycles. The second kappa shape index (κ2) is 4.76. The molecule has 0 aliphatic carbocycles. The lowest BCUT2D eigenvalue weighted by Gasteiger charge is -2.02. The van der Waals surface area contributed by atoms with Crippen LogP contribution in [-0.4, -0.2) is 23.2 Å². The van der Waals surface area contributed by atoms with E-state index in [2.05, 4.69) is 20.9 Å². The summed E-state index contributed by atoms with van der Waals surface area (Å²) in [5, 5.41) is 8.45. The molecule has 14 heavy (non-hydrogen) atoms. The fourth-order valence-electron chi connectivity index (χ4n) is 0.893. The smallest absolute Gasteiger partial charge is 0.328 e. The summed E-state index contributed by atoms with van der Waals surface area (Å²) in [6.07, 6.45) is 4.04. The van der Waals surface area contributed by atoms with Gasteiger partial charge in [-0.05, 0) is 28.1 Å². The molecular formula is C9H8BrNO3. The minimum atomic E-state index is -1.01. The van der Waals surface area contributed by atoms with E-state index in [1.165, 1.54) is 13.2 Å². The van der Waals surface area contributed by atoms with Gasteiger partial charge in [0, 0.05) is 22.3 Å². The van der Waals surface area contributed by atoms with Crippen LogP contribution in [0.3, 0.4) is 0 Å². The number of hydrogen-bond donors (Lipinski definition) is 1. The molecule has 0 atom stereocenters. The maximum atomic E-state index is 10.3. The van der Waals surface area contributed by atoms with E-state index in [-0.39, 0.29) is 0 Å². The predicted octanol–water partition coefficient (Wildman–Crippen LogP) is 1.95. The van der Waals surface area contributed by atoms with Crippen LogP contribution in [0.4, 0.5) is 0 Å². The van der Waals surface area contributed by atoms with Crippen LogP contribution in [0, 0.1) is 0 Å². The molecule has 0 amide bonds. The monoisotopic (exact) mass is 257 g/mol. The molecule has 1 heterocycles. The van der Waals surface area contributed by atoms with Crippen LogP contribution in [0.15, 0.2) is 22.8 Å². The molecule has 74 valence electrons. The van der Waals surface area contributed by atoms with Gasteiger partial charge in [0.25, 0.3) is 0 Å². The summed E-state index contributed by atoms with van der Waals surface area (Å²) < 4.78 is 5.72. The molecule has 0 spiro atoms. The minimum Gasteiger partial charge on any atom is -0.481 e. The van der Waals surface area contributed by atoms with Crippen LogP contribution in [0.2, 0.25) is 0 Å². The van der Waals surface area contributed by atoms with Crippen molar-refractivity contribution >= 4 is 28.0 Å². The molecule has 0 unspecified atom stereocenters. The van der Waals surface area contributed by atoms with Gasteiger partial charge in [-0.25, -0.2) is 9.78 Å². The van der Waals surface area contributed by atoms with E-state index < -0.39 is 5.97 Å². The number of aliphatic carboxylic acids is 1. The largest absolute Gasteiger partial charge is 0.481 e. The molecule has 1 N–H and O–H groups in total. The molecule has 0 aliphatic rings. The van der Waals surface area contributed by atoms with E-state index in [9.17, 15) is 4.79 Å². The summed E-state index contributed by atoms with van der Waals surface area (Å²) in [7, 11) is 1.48. The standard InChI is InChI=1S/C9H8BrNO3/c1-14-9-6(2-3-8(12)13)4-7(10)5-11-9/h2-5H,1H3,(H,12,13)/b3-2-. The number of rotatable bonds is 3. The van der Waals surface area contributed by atoms with E-state index in [0.717, 1.165) is 10.5 Å². The Morgan fingerprint density at radius 3 is 3.00 bits per heavy atom. The zero-order valence-corrected chi connectivity index (χ0v) is 8.98. The van der Waals surface area contributed by atoms with Crippen molar-refractivity contribution in [1.82, 2.24) is 4.98 Å². The second-order valence-electron chi connectivity index (χ2n) is 2.42. The van der Waals surface area contributed by atoms with Crippen molar-refractivity contribution < 1.29 is 14.6 Å². The fourth-order valence-corrected chi connectivity index (χ4v) is 1.24. The van der Waals surface area contributed by atoms with E-state index in [1.807, 2.05) is 0 Å². The highest BCUT2D eigenvalue weighted by atomic mass is 79.9. The first-order chi connectivity index (χ1) is 6.63. The van der Waals surface area contributed by atoms with E-state index in [4.69, 9.17) is 9.84 Å². The van der Waals surface area contributed by atoms with Crippen LogP contribution in [0.25, 0.3) is 6.08 Å². The first-order valence-corrected chi connectivity index (χ1v) is 4.53. The quantitative estimate of drug-likeness (QED) is 0.842. The summed E-state index contributed by atoms with van der Waals surface area (Å²) in [4.78, 5) is 14.3. The molecule has 4 nitrogen and oxygen atoms in total. The van der Waals surface area contributed by atoms with Crippen LogP contribution in [0.5, 0.6) is 5.88 Å². The predicted molar refractivity (Wildman–Crippen MR) is 55.2 cm³/mol. The summed E-state index contributed by atoms with van der Waals surface area (Å²) in [5.41, 5.74) is 0.615. The molecule has 0 saturated carbocycles. The van der Waals surface area contributed by atoms with Crippen LogP contribution in [0.1, 0.15) is 5.56 Å². The van der Waals surface area contributed by atoms with Crippen LogP contribution in [-0.2, 0) is 4.79 Å². The van der Waals surface area contributed by atoms with Gasteiger partial charge in [-0.15, -0.1) is 0 Å². The number of aromatic nitrogens is 1. The molecule has 0 bridgehead atoms. The maximum Gasteiger partial charge on any atom is 0.328 e. The lowest BCUT2D eigenvalue weighted by molar-refractivity contribution is -0.131. The van der Waals surface area contributed by atoms with Gasteiger partial charge in [-0.2, -0.15) is 0 Å². The van der Waals surface area contributed by atoms with Gasteiger partial charge in [-0.3, -0.25) is 0 Å². The summed E-state index contributed by atoms with van der Waals surface area (Å²) in [5.74, 6) is -0.613. The molecule has 5 heteroatoms. The third-order valence-corrected chi connectivity index (χ3v) is 1.88. The number of hydrogen-bond acceptors (Lipinski definition) is 3. The Balaban J connectivity index is 3.04. The first kappa shape index (κ1) is 10.7. The van der Waals surface area contributed by atoms with E-state index in [0.29, 0.717) is 11.4 Å². The normalized spacial score (nSPS) is 10.4. The molecule has 1 aromatic rings. The van der Waals surface area contributed by atoms with Gasteiger partial charge in [0.1, 0.15) is 0 Å². The Hall–Kier alpha value is -1.36. The highest BCUT2D eigenvalue weighted by Gasteiger charge is 2.02. The number of carbonyl (C=O) groups is 1. The topological polar surface area (TPSA) is 59.4 Å². The van der Waals surface area contributed by atoms with Gasteiger partial charge < -0.3 is 9.84 Å². The van der Waals surface area contributed by atoms with Crippen molar-refractivity contribution in [2.45, 2.75) is 0 Å². The highest BCUT2D eigenvalue weighted by molar-refractivity contribution is 9.10. The number of nitrogens with zero attached hydrogens (tertiary/aromatic N) is 1. The van der Waals surface area contributed by atoms with Crippen molar-refractivity contribution in [2.75, 3.05) is 7.11 Å². The zero-order valence-electron chi connectivity index (χ0n) is 7.40. The van der Waals surface area contributed by atoms with Crippen LogP contribution < -0.4 is 4.74 Å². The van der Waals surface area contributed by atoms with Gasteiger partial charge in [0.2, 0.25) is 5.88 Å². The van der Waals surface area contributed by atoms with E-state index >= 15 is 0 Å². The Morgan fingerprint density at radius 2 is 2.43 bits per heavy atom. The third-order valence-electron chi connectivity index (χ3n) is 1.44. The average Bonchev–Trinajstić information content (AvgIpc) is 2.15. The number of methoxy groups -OCH3 is 1. The zero-order chi connectivity index (χ0) is 10.6. The van der Waals surface area contributed by atoms with Gasteiger partial charge in [-0.1, -0.05) is 0 Å². The minimum absolute atomic E-state index is 0.394. The highest BCUT2D eigenvalue weighted by Crippen LogP contribution is 2.20. The first-order valence-electron chi connectivity index (χ1n) is 3.74. The molecule has 0 aromatic carbocycles. The SMILES string of the molecule is COc1ncc(Br)cc1/C=C\C(=O)O. The molecule has 0 aliphatic heterocycles. The van der Waals surface area contributed by atoms with Crippen molar-refractivity contribution in [1.29, 1.82) is 0 Å². The lowest BCUT2D eigenvalue weighted by atomic mass is 10.2. The van der Waals surface area contributed by atoms with Crippen molar-refractivity contribution in [2.24, 2.45) is 0 Å². The number of pyridine rings is 1. The Labute approximate surface area is 89.4 Å². The van der Waals surface area contributed by atoms with Gasteiger partial charge >= 0.3 is 5.97 Å². The fraction of sp³-hybridized carbons (Fsp3) is 0.111. The van der Waals surface area contributed by atoms with Gasteiger partial charge in [0.05, 0.1) is 7.11 Å². The maximum absolute atomic E-state index is 10.3. The van der Waals surface area contributed by atoms with Crippen LogP contribution >= 0.6 is 15.9 Å². The molecule has 1 aromatic heterocycles. The van der Waals surface area contributed by atoms with E-state index in [1.54, 1.807) is 12.3 Å². The molecule has 0 radical (unpaired) electrons. The average molecular weight is 258 g/mol. The Bertz CT molecular complexity index is 376. The van der Waals surface area contributed by atoms with Crippen molar-refractivity contribution in [3.8, 4) is 5.88 Å². The number of carboxylic acids is 1. The number of halogens is 1. The van der Waals surface area contributed by atoms with Gasteiger partial charge in [0.15, 0.2) is 0 Å². The molecule has 1 rings (SSSR count).